The maximum Gasteiger partial charge on any atom is 0.268 e. The highest BCUT2D eigenvalue weighted by molar-refractivity contribution is 6.76. The molecule has 0 saturated heterocycles. The number of carbonyl (C=O) groups excluding carboxylic acids is 1. The molecule has 6 nitrogen and oxygen atoms in total. The van der Waals surface area contributed by atoms with Crippen LogP contribution in [0.5, 0.6) is 0 Å². The molecule has 3 heterocycles. The van der Waals surface area contributed by atoms with E-state index >= 15 is 0 Å². The summed E-state index contributed by atoms with van der Waals surface area (Å²) in [6, 6.07) is 22.7. The summed E-state index contributed by atoms with van der Waals surface area (Å²) in [4.78, 5) is 21.1. The van der Waals surface area contributed by atoms with Crippen molar-refractivity contribution in [1.82, 2.24) is 19.9 Å². The first-order valence-electron chi connectivity index (χ1n) is 13.6. The van der Waals surface area contributed by atoms with Crippen LogP contribution in [0.15, 0.2) is 85.3 Å². The van der Waals surface area contributed by atoms with Crippen molar-refractivity contribution in [3.05, 3.63) is 102 Å². The Hall–Kier alpha value is -3.65. The van der Waals surface area contributed by atoms with Crippen LogP contribution in [0, 0.1) is 0 Å². The number of nitrogens with zero attached hydrogens (tertiary/aromatic N) is 2. The first kappa shape index (κ1) is 27.9. The number of hydrogen-bond acceptors (Lipinski definition) is 3. The van der Waals surface area contributed by atoms with E-state index < -0.39 is 8.07 Å². The summed E-state index contributed by atoms with van der Waals surface area (Å²) in [7, 11) is -1.18. The van der Waals surface area contributed by atoms with Gasteiger partial charge in [-0.25, -0.2) is 4.98 Å². The van der Waals surface area contributed by atoms with Crippen molar-refractivity contribution in [3.63, 3.8) is 0 Å². The van der Waals surface area contributed by atoms with Crippen LogP contribution in [0.1, 0.15) is 29.0 Å². The minimum absolute atomic E-state index is 0.180. The fourth-order valence-corrected chi connectivity index (χ4v) is 5.60. The third-order valence-corrected chi connectivity index (χ3v) is 8.92. The molecule has 40 heavy (non-hydrogen) atoms. The summed E-state index contributed by atoms with van der Waals surface area (Å²) < 4.78 is 8.14. The minimum atomic E-state index is -1.18. The van der Waals surface area contributed by atoms with Crippen molar-refractivity contribution < 1.29 is 9.53 Å². The van der Waals surface area contributed by atoms with Gasteiger partial charge < -0.3 is 19.6 Å². The molecule has 0 saturated carbocycles. The number of pyridine rings is 1. The van der Waals surface area contributed by atoms with Crippen LogP contribution < -0.4 is 5.32 Å². The highest BCUT2D eigenvalue weighted by Crippen LogP contribution is 2.33. The van der Waals surface area contributed by atoms with Gasteiger partial charge in [0.1, 0.15) is 18.1 Å². The number of halogens is 1. The van der Waals surface area contributed by atoms with Crippen LogP contribution in [0.3, 0.4) is 0 Å². The van der Waals surface area contributed by atoms with Crippen LogP contribution in [-0.4, -0.2) is 35.1 Å². The Morgan fingerprint density at radius 1 is 1.05 bits per heavy atom. The van der Waals surface area contributed by atoms with E-state index in [9.17, 15) is 4.79 Å². The standard InChI is InChI=1S/C32H35ClN4O2Si/c1-22(24-11-8-12-27(33)15-24)36-32(38)30-17-26(19-34-30)29-20-37(21-39-13-14-40(2,3)4)31-28(29)16-25(18-35-31)23-9-6-5-7-10-23/h5-12,15-20,22,34H,13-14,21H2,1-4H3,(H,36,38). The molecule has 0 spiro atoms. The molecule has 2 aromatic carbocycles. The van der Waals surface area contributed by atoms with Crippen LogP contribution in [0.25, 0.3) is 33.3 Å². The summed E-state index contributed by atoms with van der Waals surface area (Å²) in [6.45, 7) is 10.1. The van der Waals surface area contributed by atoms with E-state index in [4.69, 9.17) is 21.3 Å². The maximum atomic E-state index is 13.1. The van der Waals surface area contributed by atoms with Crippen molar-refractivity contribution in [1.29, 1.82) is 0 Å². The monoisotopic (exact) mass is 570 g/mol. The second-order valence-electron chi connectivity index (χ2n) is 11.4. The molecule has 0 bridgehead atoms. The van der Waals surface area contributed by atoms with Gasteiger partial charge in [0.15, 0.2) is 0 Å². The van der Waals surface area contributed by atoms with Crippen LogP contribution >= 0.6 is 11.6 Å². The van der Waals surface area contributed by atoms with Gasteiger partial charge in [0.05, 0.1) is 6.04 Å². The van der Waals surface area contributed by atoms with Gasteiger partial charge in [0, 0.05) is 60.4 Å². The fourth-order valence-electron chi connectivity index (χ4n) is 4.64. The van der Waals surface area contributed by atoms with Crippen molar-refractivity contribution in [3.8, 4) is 22.3 Å². The molecule has 3 aromatic heterocycles. The molecule has 1 unspecified atom stereocenters. The lowest BCUT2D eigenvalue weighted by Gasteiger charge is -2.15. The molecule has 1 atom stereocenters. The Balaban J connectivity index is 1.43. The number of H-pyrrole nitrogens is 1. The van der Waals surface area contributed by atoms with E-state index in [0.717, 1.165) is 51.5 Å². The van der Waals surface area contributed by atoms with Gasteiger partial charge in [-0.15, -0.1) is 0 Å². The summed E-state index contributed by atoms with van der Waals surface area (Å²) in [5.74, 6) is -0.180. The van der Waals surface area contributed by atoms with Gasteiger partial charge in [-0.3, -0.25) is 4.79 Å². The molecular formula is C32H35ClN4O2Si. The molecule has 0 aliphatic heterocycles. The zero-order valence-electron chi connectivity index (χ0n) is 23.4. The van der Waals surface area contributed by atoms with Gasteiger partial charge >= 0.3 is 0 Å². The van der Waals surface area contributed by atoms with Crippen molar-refractivity contribution in [2.24, 2.45) is 0 Å². The zero-order chi connectivity index (χ0) is 28.3. The molecule has 5 aromatic rings. The Bertz CT molecular complexity index is 1620. The quantitative estimate of drug-likeness (QED) is 0.131. The molecule has 0 fully saturated rings. The van der Waals surface area contributed by atoms with E-state index in [0.29, 0.717) is 17.4 Å². The average molecular weight is 571 g/mol. The predicted molar refractivity (Wildman–Crippen MR) is 166 cm³/mol. The van der Waals surface area contributed by atoms with Gasteiger partial charge in [-0.1, -0.05) is 73.7 Å². The number of nitrogens with one attached hydrogen (secondary N) is 2. The summed E-state index contributed by atoms with van der Waals surface area (Å²) in [6.07, 6.45) is 5.85. The largest absolute Gasteiger partial charge is 0.361 e. The summed E-state index contributed by atoms with van der Waals surface area (Å²) >= 11 is 6.14. The van der Waals surface area contributed by atoms with E-state index in [1.54, 1.807) is 0 Å². The molecule has 0 radical (unpaired) electrons. The molecule has 1 amide bonds. The fraction of sp³-hybridized carbons (Fsp3) is 0.250. The van der Waals surface area contributed by atoms with Crippen molar-refractivity contribution in [2.75, 3.05) is 6.61 Å². The van der Waals surface area contributed by atoms with Gasteiger partial charge in [-0.05, 0) is 48.4 Å². The molecule has 206 valence electrons. The molecule has 8 heteroatoms. The van der Waals surface area contributed by atoms with E-state index in [2.05, 4.69) is 58.9 Å². The minimum Gasteiger partial charge on any atom is -0.361 e. The zero-order valence-corrected chi connectivity index (χ0v) is 25.1. The Morgan fingerprint density at radius 3 is 2.60 bits per heavy atom. The smallest absolute Gasteiger partial charge is 0.268 e. The number of benzene rings is 2. The Morgan fingerprint density at radius 2 is 1.85 bits per heavy atom. The van der Waals surface area contributed by atoms with Crippen molar-refractivity contribution >= 4 is 36.6 Å². The summed E-state index contributed by atoms with van der Waals surface area (Å²) in [5.41, 5.74) is 6.34. The number of carbonyl (C=O) groups is 1. The van der Waals surface area contributed by atoms with Crippen LogP contribution in [0.2, 0.25) is 30.7 Å². The number of aromatic nitrogens is 3. The van der Waals surface area contributed by atoms with E-state index in [-0.39, 0.29) is 11.9 Å². The maximum absolute atomic E-state index is 13.1. The number of rotatable bonds is 10. The van der Waals surface area contributed by atoms with Crippen molar-refractivity contribution in [2.45, 2.75) is 45.4 Å². The lowest BCUT2D eigenvalue weighted by atomic mass is 10.0. The Labute approximate surface area is 241 Å². The highest BCUT2D eigenvalue weighted by Gasteiger charge is 2.18. The third-order valence-electron chi connectivity index (χ3n) is 6.98. The van der Waals surface area contributed by atoms with Crippen LogP contribution in [0.4, 0.5) is 0 Å². The molecular weight excluding hydrogens is 536 g/mol. The molecule has 5 rings (SSSR count). The molecule has 0 aliphatic rings. The first-order chi connectivity index (χ1) is 19.2. The van der Waals surface area contributed by atoms with Gasteiger partial charge in [0.2, 0.25) is 0 Å². The third kappa shape index (κ3) is 6.55. The van der Waals surface area contributed by atoms with E-state index in [1.807, 2.05) is 67.8 Å². The van der Waals surface area contributed by atoms with Crippen LogP contribution in [-0.2, 0) is 11.5 Å². The molecule has 0 aliphatic carbocycles. The topological polar surface area (TPSA) is 71.9 Å². The van der Waals surface area contributed by atoms with E-state index in [1.165, 1.54) is 0 Å². The lowest BCUT2D eigenvalue weighted by molar-refractivity contribution is 0.0899. The first-order valence-corrected chi connectivity index (χ1v) is 17.6. The highest BCUT2D eigenvalue weighted by atomic mass is 35.5. The number of amides is 1. The SMILES string of the molecule is CC(NC(=O)c1cc(-c2cn(COCC[Si](C)(C)C)c3ncc(-c4ccccc4)cc23)c[nH]1)c1cccc(Cl)c1. The second kappa shape index (κ2) is 11.8. The average Bonchev–Trinajstić information content (AvgIpc) is 3.56. The lowest BCUT2D eigenvalue weighted by Crippen LogP contribution is -2.26. The second-order valence-corrected chi connectivity index (χ2v) is 17.4. The van der Waals surface area contributed by atoms with Gasteiger partial charge in [0.25, 0.3) is 5.91 Å². The van der Waals surface area contributed by atoms with Gasteiger partial charge in [-0.2, -0.15) is 0 Å². The molecule has 2 N–H and O–H groups in total. The normalized spacial score (nSPS) is 12.5. The number of ether oxygens (including phenoxy) is 1. The number of aromatic amines is 1. The number of fused-ring (bicyclic) bond motifs is 1. The Kier molecular flexibility index (Phi) is 8.26. The number of hydrogen-bond donors (Lipinski definition) is 2. The summed E-state index contributed by atoms with van der Waals surface area (Å²) in [5, 5.41) is 4.71. The predicted octanol–water partition coefficient (Wildman–Crippen LogP) is 8.16.